The zero-order valence-corrected chi connectivity index (χ0v) is 12.1. The molecule has 0 saturated heterocycles. The number of hydrogen-bond acceptors (Lipinski definition) is 5. The molecule has 1 N–H and O–H groups in total. The molecule has 1 aromatic carbocycles. The SMILES string of the molecule is CNc1cc(OC)c(OCc2ccc(OC)nc2)cc1F. The Kier molecular flexibility index (Phi) is 4.81. The molecule has 112 valence electrons. The van der Waals surface area contributed by atoms with Crippen molar-refractivity contribution in [3.8, 4) is 17.4 Å². The molecule has 5 nitrogen and oxygen atoms in total. The van der Waals surface area contributed by atoms with Crippen LogP contribution in [-0.4, -0.2) is 26.3 Å². The summed E-state index contributed by atoms with van der Waals surface area (Å²) < 4.78 is 29.5. The minimum atomic E-state index is -0.402. The number of halogens is 1. The van der Waals surface area contributed by atoms with Crippen LogP contribution < -0.4 is 19.5 Å². The lowest BCUT2D eigenvalue weighted by atomic mass is 10.2. The Morgan fingerprint density at radius 1 is 1.14 bits per heavy atom. The third-order valence-electron chi connectivity index (χ3n) is 2.92. The molecule has 6 heteroatoms. The maximum atomic E-state index is 13.8. The molecule has 0 spiro atoms. The van der Waals surface area contributed by atoms with Crippen molar-refractivity contribution in [2.45, 2.75) is 6.61 Å². The van der Waals surface area contributed by atoms with Crippen molar-refractivity contribution in [1.29, 1.82) is 0 Å². The molecule has 0 atom stereocenters. The molecule has 0 amide bonds. The van der Waals surface area contributed by atoms with E-state index in [0.29, 0.717) is 23.1 Å². The van der Waals surface area contributed by atoms with Gasteiger partial charge in [-0.2, -0.15) is 0 Å². The lowest BCUT2D eigenvalue weighted by Crippen LogP contribution is -2.01. The lowest BCUT2D eigenvalue weighted by Gasteiger charge is -2.13. The van der Waals surface area contributed by atoms with Crippen LogP contribution in [0.25, 0.3) is 0 Å². The average molecular weight is 292 g/mol. The van der Waals surface area contributed by atoms with E-state index in [-0.39, 0.29) is 6.61 Å². The highest BCUT2D eigenvalue weighted by Crippen LogP contribution is 2.33. The number of nitrogens with zero attached hydrogens (tertiary/aromatic N) is 1. The Balaban J connectivity index is 2.13. The summed E-state index contributed by atoms with van der Waals surface area (Å²) in [6.07, 6.45) is 1.64. The molecule has 2 rings (SSSR count). The smallest absolute Gasteiger partial charge is 0.212 e. The van der Waals surface area contributed by atoms with Crippen LogP contribution >= 0.6 is 0 Å². The molecule has 0 unspecified atom stereocenters. The van der Waals surface area contributed by atoms with Crippen molar-refractivity contribution < 1.29 is 18.6 Å². The second kappa shape index (κ2) is 6.78. The highest BCUT2D eigenvalue weighted by atomic mass is 19.1. The van der Waals surface area contributed by atoms with Gasteiger partial charge in [-0.05, 0) is 6.07 Å². The first kappa shape index (κ1) is 14.9. The van der Waals surface area contributed by atoms with Gasteiger partial charge in [-0.25, -0.2) is 9.37 Å². The fraction of sp³-hybridized carbons (Fsp3) is 0.267. The number of aromatic nitrogens is 1. The number of methoxy groups -OCH3 is 2. The van der Waals surface area contributed by atoms with E-state index in [1.807, 2.05) is 6.07 Å². The largest absolute Gasteiger partial charge is 0.493 e. The predicted octanol–water partition coefficient (Wildman–Crippen LogP) is 2.86. The Morgan fingerprint density at radius 2 is 1.95 bits per heavy atom. The molecular formula is C15H17FN2O3. The number of pyridine rings is 1. The van der Waals surface area contributed by atoms with Crippen LogP contribution in [0.2, 0.25) is 0 Å². The van der Waals surface area contributed by atoms with E-state index in [0.717, 1.165) is 5.56 Å². The molecule has 1 heterocycles. The van der Waals surface area contributed by atoms with Gasteiger partial charge in [0.25, 0.3) is 0 Å². The highest BCUT2D eigenvalue weighted by Gasteiger charge is 2.11. The fourth-order valence-corrected chi connectivity index (χ4v) is 1.78. The van der Waals surface area contributed by atoms with Crippen LogP contribution in [0.3, 0.4) is 0 Å². The van der Waals surface area contributed by atoms with Crippen molar-refractivity contribution in [3.05, 3.63) is 41.8 Å². The zero-order valence-electron chi connectivity index (χ0n) is 12.1. The average Bonchev–Trinajstić information content (AvgIpc) is 2.53. The topological polar surface area (TPSA) is 52.6 Å². The molecule has 2 aromatic rings. The quantitative estimate of drug-likeness (QED) is 0.887. The molecule has 0 saturated carbocycles. The van der Waals surface area contributed by atoms with Crippen LogP contribution in [0.4, 0.5) is 10.1 Å². The molecule has 0 bridgehead atoms. The van der Waals surface area contributed by atoms with Crippen molar-refractivity contribution in [2.75, 3.05) is 26.6 Å². The highest BCUT2D eigenvalue weighted by molar-refractivity contribution is 5.55. The third-order valence-corrected chi connectivity index (χ3v) is 2.92. The molecular weight excluding hydrogens is 275 g/mol. The van der Waals surface area contributed by atoms with Gasteiger partial charge in [0, 0.05) is 37.0 Å². The summed E-state index contributed by atoms with van der Waals surface area (Å²) >= 11 is 0. The summed E-state index contributed by atoms with van der Waals surface area (Å²) in [5.74, 6) is 0.925. The van der Waals surface area contributed by atoms with Gasteiger partial charge in [-0.3, -0.25) is 0 Å². The number of rotatable bonds is 6. The van der Waals surface area contributed by atoms with Gasteiger partial charge >= 0.3 is 0 Å². The normalized spacial score (nSPS) is 10.1. The van der Waals surface area contributed by atoms with Crippen molar-refractivity contribution in [2.24, 2.45) is 0 Å². The fourth-order valence-electron chi connectivity index (χ4n) is 1.78. The van der Waals surface area contributed by atoms with Crippen LogP contribution in [0.15, 0.2) is 30.5 Å². The second-order valence-corrected chi connectivity index (χ2v) is 4.23. The van der Waals surface area contributed by atoms with Crippen LogP contribution in [0.5, 0.6) is 17.4 Å². The molecule has 0 fully saturated rings. The molecule has 0 radical (unpaired) electrons. The van der Waals surface area contributed by atoms with E-state index in [2.05, 4.69) is 10.3 Å². The maximum absolute atomic E-state index is 13.8. The summed E-state index contributed by atoms with van der Waals surface area (Å²) in [7, 11) is 4.70. The van der Waals surface area contributed by atoms with Gasteiger partial charge in [-0.15, -0.1) is 0 Å². The van der Waals surface area contributed by atoms with Gasteiger partial charge in [0.05, 0.1) is 19.9 Å². The molecule has 0 aliphatic carbocycles. The van der Waals surface area contributed by atoms with Crippen molar-refractivity contribution in [3.63, 3.8) is 0 Å². The summed E-state index contributed by atoms with van der Waals surface area (Å²) in [5.41, 5.74) is 1.20. The Morgan fingerprint density at radius 3 is 2.52 bits per heavy atom. The Labute approximate surface area is 122 Å². The molecule has 0 aliphatic heterocycles. The number of hydrogen-bond donors (Lipinski definition) is 1. The second-order valence-electron chi connectivity index (χ2n) is 4.23. The first-order valence-corrected chi connectivity index (χ1v) is 6.35. The number of anilines is 1. The van der Waals surface area contributed by atoms with E-state index < -0.39 is 5.82 Å². The van der Waals surface area contributed by atoms with Crippen molar-refractivity contribution in [1.82, 2.24) is 4.98 Å². The number of benzene rings is 1. The first-order chi connectivity index (χ1) is 10.2. The van der Waals surface area contributed by atoms with Crippen LogP contribution in [0.1, 0.15) is 5.56 Å². The minimum Gasteiger partial charge on any atom is -0.493 e. The first-order valence-electron chi connectivity index (χ1n) is 6.35. The van der Waals surface area contributed by atoms with Crippen LogP contribution in [0, 0.1) is 5.82 Å². The summed E-state index contributed by atoms with van der Waals surface area (Å²) in [6, 6.07) is 6.41. The Bertz CT molecular complexity index is 603. The molecule has 0 aliphatic rings. The van der Waals surface area contributed by atoms with Gasteiger partial charge in [-0.1, -0.05) is 0 Å². The van der Waals surface area contributed by atoms with E-state index in [1.54, 1.807) is 32.5 Å². The van der Waals surface area contributed by atoms with Gasteiger partial charge in [0.2, 0.25) is 5.88 Å². The summed E-state index contributed by atoms with van der Waals surface area (Å²) in [4.78, 5) is 4.08. The van der Waals surface area contributed by atoms with Crippen LogP contribution in [-0.2, 0) is 6.61 Å². The van der Waals surface area contributed by atoms with Gasteiger partial charge in [0.1, 0.15) is 12.4 Å². The molecule has 1 aromatic heterocycles. The summed E-state index contributed by atoms with van der Waals surface area (Å²) in [5, 5.41) is 2.75. The van der Waals surface area contributed by atoms with E-state index in [1.165, 1.54) is 13.2 Å². The zero-order chi connectivity index (χ0) is 15.2. The summed E-state index contributed by atoms with van der Waals surface area (Å²) in [6.45, 7) is 0.256. The van der Waals surface area contributed by atoms with E-state index in [9.17, 15) is 4.39 Å². The third kappa shape index (κ3) is 3.53. The van der Waals surface area contributed by atoms with Crippen molar-refractivity contribution >= 4 is 5.69 Å². The monoisotopic (exact) mass is 292 g/mol. The van der Waals surface area contributed by atoms with E-state index >= 15 is 0 Å². The number of ether oxygens (including phenoxy) is 3. The maximum Gasteiger partial charge on any atom is 0.212 e. The lowest BCUT2D eigenvalue weighted by molar-refractivity contribution is 0.282. The van der Waals surface area contributed by atoms with Gasteiger partial charge in [0.15, 0.2) is 11.5 Å². The predicted molar refractivity (Wildman–Crippen MR) is 77.6 cm³/mol. The minimum absolute atomic E-state index is 0.256. The standard InChI is InChI=1S/C15H17FN2O3/c1-17-12-7-13(19-2)14(6-11(12)16)21-9-10-4-5-15(20-3)18-8-10/h4-8,17H,9H2,1-3H3. The van der Waals surface area contributed by atoms with E-state index in [4.69, 9.17) is 14.2 Å². The Hall–Kier alpha value is -2.50. The number of nitrogens with one attached hydrogen (secondary N) is 1. The molecule has 21 heavy (non-hydrogen) atoms. The van der Waals surface area contributed by atoms with Gasteiger partial charge < -0.3 is 19.5 Å².